The maximum Gasteiger partial charge on any atom is 0.253 e. The van der Waals surface area contributed by atoms with Crippen LogP contribution in [0.1, 0.15) is 22.0 Å². The van der Waals surface area contributed by atoms with E-state index in [0.29, 0.717) is 12.1 Å². The second-order valence-electron chi connectivity index (χ2n) is 6.09. The summed E-state index contributed by atoms with van der Waals surface area (Å²) in [4.78, 5) is 16.1. The van der Waals surface area contributed by atoms with Crippen molar-refractivity contribution in [3.63, 3.8) is 0 Å². The Morgan fingerprint density at radius 1 is 1.12 bits per heavy atom. The van der Waals surface area contributed by atoms with E-state index in [1.807, 2.05) is 60.9 Å². The number of para-hydroxylation sites is 1. The molecule has 0 unspecified atom stereocenters. The van der Waals surface area contributed by atoms with E-state index in [9.17, 15) is 4.79 Å². The van der Waals surface area contributed by atoms with Gasteiger partial charge in [0.15, 0.2) is 0 Å². The topological polar surface area (TPSA) is 99.6 Å². The molecule has 4 aromatic rings. The Kier molecular flexibility index (Phi) is 4.25. The van der Waals surface area contributed by atoms with Crippen molar-refractivity contribution in [3.8, 4) is 11.1 Å². The molecule has 0 spiro atoms. The summed E-state index contributed by atoms with van der Waals surface area (Å²) in [6.07, 6.45) is 5.48. The van der Waals surface area contributed by atoms with Crippen LogP contribution in [0.25, 0.3) is 22.0 Å². The smallest absolute Gasteiger partial charge is 0.253 e. The zero-order valence-electron chi connectivity index (χ0n) is 14.1. The van der Waals surface area contributed by atoms with Crippen molar-refractivity contribution in [3.05, 3.63) is 78.2 Å². The fraction of sp³-hybridized carbons (Fsp3) is 0.100. The Labute approximate surface area is 150 Å². The van der Waals surface area contributed by atoms with Crippen LogP contribution in [-0.4, -0.2) is 27.6 Å². The van der Waals surface area contributed by atoms with Gasteiger partial charge in [0.2, 0.25) is 0 Å². The maximum absolute atomic E-state index is 12.9. The molecular weight excluding hydrogens is 326 g/mol. The van der Waals surface area contributed by atoms with Gasteiger partial charge >= 0.3 is 0 Å². The van der Waals surface area contributed by atoms with Gasteiger partial charge in [0.25, 0.3) is 5.91 Å². The van der Waals surface area contributed by atoms with Crippen LogP contribution in [0.4, 0.5) is 0 Å². The van der Waals surface area contributed by atoms with Gasteiger partial charge in [-0.15, -0.1) is 0 Å². The van der Waals surface area contributed by atoms with Crippen molar-refractivity contribution in [2.24, 2.45) is 5.73 Å². The van der Waals surface area contributed by atoms with Crippen molar-refractivity contribution >= 4 is 16.8 Å². The number of carbonyl (C=O) groups is 1. The molecule has 2 aromatic heterocycles. The number of fused-ring (bicyclic) bond motifs is 1. The minimum absolute atomic E-state index is 0.157. The lowest BCUT2D eigenvalue weighted by atomic mass is 10.0. The first-order chi connectivity index (χ1) is 12.8. The number of amides is 1. The number of carbonyl (C=O) groups excluding carboxylic acids is 1. The van der Waals surface area contributed by atoms with E-state index in [-0.39, 0.29) is 11.9 Å². The Hall–Kier alpha value is -3.38. The number of benzene rings is 2. The zero-order valence-corrected chi connectivity index (χ0v) is 14.1. The van der Waals surface area contributed by atoms with Crippen LogP contribution in [0.15, 0.2) is 67.1 Å². The standard InChI is InChI=1S/C20H19N5O/c21-9-18(13-5-2-1-3-6-13)25-20(26)16-8-4-7-15-17(12-22-19(15)16)14-10-23-24-11-14/h1-8,10-12,18,22H,9,21H2,(H,23,24)(H,25,26)/t18-/m1/s1. The van der Waals surface area contributed by atoms with Crippen LogP contribution in [0.5, 0.6) is 0 Å². The van der Waals surface area contributed by atoms with E-state index in [1.165, 1.54) is 0 Å². The van der Waals surface area contributed by atoms with Gasteiger partial charge in [-0.25, -0.2) is 0 Å². The first kappa shape index (κ1) is 16.1. The molecule has 6 heteroatoms. The van der Waals surface area contributed by atoms with Crippen molar-refractivity contribution in [1.82, 2.24) is 20.5 Å². The highest BCUT2D eigenvalue weighted by Crippen LogP contribution is 2.29. The molecule has 130 valence electrons. The molecule has 0 aliphatic rings. The van der Waals surface area contributed by atoms with Crippen molar-refractivity contribution in [1.29, 1.82) is 0 Å². The molecule has 1 amide bonds. The predicted molar refractivity (Wildman–Crippen MR) is 102 cm³/mol. The first-order valence-electron chi connectivity index (χ1n) is 8.43. The van der Waals surface area contributed by atoms with Crippen molar-refractivity contribution < 1.29 is 4.79 Å². The highest BCUT2D eigenvalue weighted by Gasteiger charge is 2.18. The van der Waals surface area contributed by atoms with E-state index in [2.05, 4.69) is 20.5 Å². The Morgan fingerprint density at radius 3 is 2.69 bits per heavy atom. The molecule has 4 rings (SSSR count). The molecule has 0 aliphatic heterocycles. The van der Waals surface area contributed by atoms with Gasteiger partial charge in [-0.1, -0.05) is 42.5 Å². The van der Waals surface area contributed by atoms with Gasteiger partial charge in [-0.05, 0) is 11.6 Å². The van der Waals surface area contributed by atoms with Crippen LogP contribution >= 0.6 is 0 Å². The minimum atomic E-state index is -0.234. The summed E-state index contributed by atoms with van der Waals surface area (Å²) in [5, 5.41) is 10.8. The van der Waals surface area contributed by atoms with Gasteiger partial charge in [-0.3, -0.25) is 9.89 Å². The second kappa shape index (κ2) is 6.85. The molecule has 0 saturated carbocycles. The third-order valence-electron chi connectivity index (χ3n) is 4.51. The summed E-state index contributed by atoms with van der Waals surface area (Å²) in [6, 6.07) is 15.2. The SMILES string of the molecule is NC[C@@H](NC(=O)c1cccc2c(-c3cn[nH]c3)c[nH]c12)c1ccccc1. The lowest BCUT2D eigenvalue weighted by molar-refractivity contribution is 0.0939. The number of aromatic nitrogens is 3. The molecule has 0 bridgehead atoms. The van der Waals surface area contributed by atoms with Crippen LogP contribution < -0.4 is 11.1 Å². The molecule has 0 fully saturated rings. The number of H-pyrrole nitrogens is 2. The number of nitrogens with one attached hydrogen (secondary N) is 3. The summed E-state index contributed by atoms with van der Waals surface area (Å²) >= 11 is 0. The molecule has 6 nitrogen and oxygen atoms in total. The summed E-state index contributed by atoms with van der Waals surface area (Å²) in [6.45, 7) is 0.330. The molecule has 1 atom stereocenters. The van der Waals surface area contributed by atoms with Crippen LogP contribution in [-0.2, 0) is 0 Å². The Bertz CT molecular complexity index is 1020. The van der Waals surface area contributed by atoms with Crippen molar-refractivity contribution in [2.75, 3.05) is 6.54 Å². The van der Waals surface area contributed by atoms with Gasteiger partial charge in [0, 0.05) is 35.5 Å². The molecule has 26 heavy (non-hydrogen) atoms. The summed E-state index contributed by atoms with van der Waals surface area (Å²) in [5.74, 6) is -0.157. The molecule has 0 radical (unpaired) electrons. The van der Waals surface area contributed by atoms with Gasteiger partial charge in [-0.2, -0.15) is 5.10 Å². The fourth-order valence-corrected chi connectivity index (χ4v) is 3.18. The fourth-order valence-electron chi connectivity index (χ4n) is 3.18. The number of hydrogen-bond acceptors (Lipinski definition) is 3. The lowest BCUT2D eigenvalue weighted by Crippen LogP contribution is -2.33. The highest BCUT2D eigenvalue weighted by molar-refractivity contribution is 6.09. The predicted octanol–water partition coefficient (Wildman–Crippen LogP) is 2.99. The normalized spacial score (nSPS) is 12.2. The minimum Gasteiger partial charge on any atom is -0.360 e. The van der Waals surface area contributed by atoms with E-state index >= 15 is 0 Å². The molecule has 2 aromatic carbocycles. The average Bonchev–Trinajstić information content (AvgIpc) is 3.35. The van der Waals surface area contributed by atoms with Gasteiger partial charge < -0.3 is 16.0 Å². The Morgan fingerprint density at radius 2 is 1.96 bits per heavy atom. The molecular formula is C20H19N5O. The quantitative estimate of drug-likeness (QED) is 0.447. The van der Waals surface area contributed by atoms with Crippen LogP contribution in [0, 0.1) is 0 Å². The highest BCUT2D eigenvalue weighted by atomic mass is 16.1. The Balaban J connectivity index is 1.67. The first-order valence-corrected chi connectivity index (χ1v) is 8.43. The van der Waals surface area contributed by atoms with Crippen molar-refractivity contribution in [2.45, 2.75) is 6.04 Å². The molecule has 5 N–H and O–H groups in total. The summed E-state index contributed by atoms with van der Waals surface area (Å²) in [7, 11) is 0. The monoisotopic (exact) mass is 345 g/mol. The van der Waals surface area contributed by atoms with E-state index in [1.54, 1.807) is 6.20 Å². The van der Waals surface area contributed by atoms with Gasteiger partial charge in [0.05, 0.1) is 23.3 Å². The van der Waals surface area contributed by atoms with E-state index in [0.717, 1.165) is 27.6 Å². The molecule has 0 saturated heterocycles. The second-order valence-corrected chi connectivity index (χ2v) is 6.09. The van der Waals surface area contributed by atoms with E-state index < -0.39 is 0 Å². The maximum atomic E-state index is 12.9. The summed E-state index contributed by atoms with van der Waals surface area (Å²) in [5.41, 5.74) is 10.2. The third kappa shape index (κ3) is 2.87. The number of nitrogens with two attached hydrogens (primary N) is 1. The van der Waals surface area contributed by atoms with Crippen LogP contribution in [0.3, 0.4) is 0 Å². The molecule has 2 heterocycles. The lowest BCUT2D eigenvalue weighted by Gasteiger charge is -2.17. The van der Waals surface area contributed by atoms with E-state index in [4.69, 9.17) is 5.73 Å². The number of aromatic amines is 2. The van der Waals surface area contributed by atoms with Crippen LogP contribution in [0.2, 0.25) is 0 Å². The zero-order chi connectivity index (χ0) is 17.9. The molecule has 0 aliphatic carbocycles. The average molecular weight is 345 g/mol. The van der Waals surface area contributed by atoms with Gasteiger partial charge in [0.1, 0.15) is 0 Å². The summed E-state index contributed by atoms with van der Waals surface area (Å²) < 4.78 is 0. The third-order valence-corrected chi connectivity index (χ3v) is 4.51. The number of hydrogen-bond donors (Lipinski definition) is 4. The number of nitrogens with zero attached hydrogens (tertiary/aromatic N) is 1. The largest absolute Gasteiger partial charge is 0.360 e. The number of rotatable bonds is 5.